The van der Waals surface area contributed by atoms with E-state index in [2.05, 4.69) is 17.2 Å². The maximum atomic E-state index is 12.6. The second-order valence-electron chi connectivity index (χ2n) is 5.77. The minimum absolute atomic E-state index is 0.0365. The van der Waals surface area contributed by atoms with Gasteiger partial charge in [-0.15, -0.1) is 0 Å². The van der Waals surface area contributed by atoms with Gasteiger partial charge in [0.2, 0.25) is 0 Å². The van der Waals surface area contributed by atoms with Crippen molar-refractivity contribution in [2.24, 2.45) is 5.92 Å². The van der Waals surface area contributed by atoms with Crippen molar-refractivity contribution in [1.82, 2.24) is 9.88 Å². The van der Waals surface area contributed by atoms with Gasteiger partial charge in [-0.2, -0.15) is 0 Å². The number of aromatic nitrogens is 1. The van der Waals surface area contributed by atoms with Gasteiger partial charge in [0.05, 0.1) is 6.10 Å². The number of carbonyl (C=O) groups is 1. The van der Waals surface area contributed by atoms with E-state index in [-0.39, 0.29) is 17.9 Å². The second-order valence-corrected chi connectivity index (χ2v) is 5.77. The van der Waals surface area contributed by atoms with Gasteiger partial charge in [0.15, 0.2) is 0 Å². The largest absolute Gasteiger partial charge is 0.393 e. The Balaban J connectivity index is 2.17. The molecule has 0 radical (unpaired) electrons. The number of nitrogens with one attached hydrogen (secondary N) is 1. The van der Waals surface area contributed by atoms with E-state index in [9.17, 15) is 9.90 Å². The Morgan fingerprint density at radius 3 is 2.90 bits per heavy atom. The maximum absolute atomic E-state index is 12.6. The Bertz CT molecular complexity index is 502. The van der Waals surface area contributed by atoms with Crippen molar-refractivity contribution in [3.05, 3.63) is 23.4 Å². The number of nitrogens with zero attached hydrogens (tertiary/aromatic N) is 2. The van der Waals surface area contributed by atoms with Gasteiger partial charge in [-0.1, -0.05) is 13.3 Å². The molecule has 0 aromatic carbocycles. The van der Waals surface area contributed by atoms with Gasteiger partial charge in [0, 0.05) is 37.3 Å². The Kier molecular flexibility index (Phi) is 5.17. The van der Waals surface area contributed by atoms with E-state index in [1.165, 1.54) is 0 Å². The van der Waals surface area contributed by atoms with Crippen LogP contribution in [0.4, 0.5) is 5.82 Å². The molecule has 1 aromatic heterocycles. The van der Waals surface area contributed by atoms with E-state index in [0.717, 1.165) is 30.8 Å². The monoisotopic (exact) mass is 291 g/mol. The van der Waals surface area contributed by atoms with E-state index >= 15 is 0 Å². The molecule has 0 bridgehead atoms. The summed E-state index contributed by atoms with van der Waals surface area (Å²) in [5.41, 5.74) is 1.63. The zero-order valence-electron chi connectivity index (χ0n) is 13.1. The average Bonchev–Trinajstić information content (AvgIpc) is 2.96. The number of pyridine rings is 1. The maximum Gasteiger partial charge on any atom is 0.254 e. The van der Waals surface area contributed by atoms with Gasteiger partial charge >= 0.3 is 0 Å². The van der Waals surface area contributed by atoms with Crippen LogP contribution < -0.4 is 5.32 Å². The molecule has 2 heterocycles. The smallest absolute Gasteiger partial charge is 0.254 e. The summed E-state index contributed by atoms with van der Waals surface area (Å²) in [6, 6.07) is 3.69. The molecule has 21 heavy (non-hydrogen) atoms. The molecule has 5 heteroatoms. The molecule has 1 aliphatic rings. The minimum atomic E-state index is -0.358. The minimum Gasteiger partial charge on any atom is -0.393 e. The summed E-state index contributed by atoms with van der Waals surface area (Å²) >= 11 is 0. The number of hydrogen-bond donors (Lipinski definition) is 2. The lowest BCUT2D eigenvalue weighted by atomic mass is 10.0. The number of likely N-dealkylation sites (tertiary alicyclic amines) is 1. The highest BCUT2D eigenvalue weighted by molar-refractivity contribution is 5.95. The van der Waals surface area contributed by atoms with Crippen LogP contribution in [0.3, 0.4) is 0 Å². The fourth-order valence-corrected chi connectivity index (χ4v) is 2.77. The summed E-state index contributed by atoms with van der Waals surface area (Å²) in [5.74, 6) is 0.958. The van der Waals surface area contributed by atoms with Crippen molar-refractivity contribution in [3.8, 4) is 0 Å². The zero-order valence-corrected chi connectivity index (χ0v) is 13.1. The first-order valence-electron chi connectivity index (χ1n) is 7.71. The van der Waals surface area contributed by atoms with Gasteiger partial charge < -0.3 is 15.3 Å². The third kappa shape index (κ3) is 3.73. The number of carbonyl (C=O) groups excluding carboxylic acids is 1. The molecule has 1 amide bonds. The van der Waals surface area contributed by atoms with E-state index in [1.807, 2.05) is 18.0 Å². The van der Waals surface area contributed by atoms with Crippen LogP contribution in [0.2, 0.25) is 0 Å². The molecule has 5 nitrogen and oxygen atoms in total. The molecule has 1 aromatic rings. The van der Waals surface area contributed by atoms with Crippen molar-refractivity contribution >= 4 is 11.7 Å². The Morgan fingerprint density at radius 2 is 2.33 bits per heavy atom. The quantitative estimate of drug-likeness (QED) is 0.870. The number of aliphatic hydroxyl groups excluding tert-OH is 1. The first-order chi connectivity index (χ1) is 10.0. The molecule has 0 saturated carbocycles. The van der Waals surface area contributed by atoms with Crippen molar-refractivity contribution in [3.63, 3.8) is 0 Å². The summed E-state index contributed by atoms with van der Waals surface area (Å²) in [4.78, 5) is 18.9. The number of amides is 1. The third-order valence-electron chi connectivity index (χ3n) is 4.08. The van der Waals surface area contributed by atoms with Crippen LogP contribution in [-0.4, -0.2) is 47.1 Å². The van der Waals surface area contributed by atoms with Gasteiger partial charge in [0.1, 0.15) is 5.82 Å². The molecule has 2 N–H and O–H groups in total. The molecule has 1 fully saturated rings. The zero-order chi connectivity index (χ0) is 15.4. The second kappa shape index (κ2) is 6.89. The summed E-state index contributed by atoms with van der Waals surface area (Å²) in [6.07, 6.45) is 2.38. The average molecular weight is 291 g/mol. The number of aliphatic hydroxyl groups is 1. The van der Waals surface area contributed by atoms with Gasteiger partial charge in [-0.25, -0.2) is 4.98 Å². The Morgan fingerprint density at radius 1 is 1.57 bits per heavy atom. The first-order valence-corrected chi connectivity index (χ1v) is 7.71. The molecular formula is C16H25N3O2. The van der Waals surface area contributed by atoms with Crippen LogP contribution >= 0.6 is 0 Å². The number of anilines is 1. The van der Waals surface area contributed by atoms with Crippen LogP contribution in [0, 0.1) is 5.92 Å². The molecule has 0 aliphatic carbocycles. The summed E-state index contributed by atoms with van der Waals surface area (Å²) in [6.45, 7) is 5.25. The molecule has 2 atom stereocenters. The highest BCUT2D eigenvalue weighted by Gasteiger charge is 2.29. The van der Waals surface area contributed by atoms with Crippen LogP contribution in [0.25, 0.3) is 0 Å². The van der Waals surface area contributed by atoms with Crippen LogP contribution in [-0.2, 0) is 6.42 Å². The lowest BCUT2D eigenvalue weighted by Crippen LogP contribution is -2.30. The molecule has 1 aliphatic heterocycles. The first kappa shape index (κ1) is 15.8. The van der Waals surface area contributed by atoms with E-state index in [4.69, 9.17) is 0 Å². The SMILES string of the molecule is CCCc1cc(C(=O)N2CCC(C(C)O)C2)cc(NC)n1. The van der Waals surface area contributed by atoms with Gasteiger partial charge in [-0.3, -0.25) is 4.79 Å². The Labute approximate surface area is 126 Å². The number of rotatable bonds is 5. The van der Waals surface area contributed by atoms with Crippen molar-refractivity contribution in [2.75, 3.05) is 25.5 Å². The Hall–Kier alpha value is -1.62. The van der Waals surface area contributed by atoms with Crippen molar-refractivity contribution in [1.29, 1.82) is 0 Å². The van der Waals surface area contributed by atoms with Crippen LogP contribution in [0.5, 0.6) is 0 Å². The van der Waals surface area contributed by atoms with E-state index < -0.39 is 0 Å². The predicted molar refractivity (Wildman–Crippen MR) is 83.5 cm³/mol. The topological polar surface area (TPSA) is 65.5 Å². The van der Waals surface area contributed by atoms with Gasteiger partial charge in [0.25, 0.3) is 5.91 Å². The molecule has 116 valence electrons. The lowest BCUT2D eigenvalue weighted by Gasteiger charge is -2.18. The fourth-order valence-electron chi connectivity index (χ4n) is 2.77. The van der Waals surface area contributed by atoms with E-state index in [0.29, 0.717) is 18.7 Å². The third-order valence-corrected chi connectivity index (χ3v) is 4.08. The highest BCUT2D eigenvalue weighted by Crippen LogP contribution is 2.22. The lowest BCUT2D eigenvalue weighted by molar-refractivity contribution is 0.0762. The summed E-state index contributed by atoms with van der Waals surface area (Å²) in [7, 11) is 1.81. The molecule has 2 unspecified atom stereocenters. The normalized spacial score (nSPS) is 19.6. The van der Waals surface area contributed by atoms with E-state index in [1.54, 1.807) is 13.0 Å². The summed E-state index contributed by atoms with van der Waals surface area (Å²) < 4.78 is 0. The van der Waals surface area contributed by atoms with Crippen molar-refractivity contribution < 1.29 is 9.90 Å². The molecule has 0 spiro atoms. The number of aryl methyl sites for hydroxylation is 1. The van der Waals surface area contributed by atoms with Crippen molar-refractivity contribution in [2.45, 2.75) is 39.2 Å². The molecule has 1 saturated heterocycles. The molecule has 2 rings (SSSR count). The summed E-state index contributed by atoms with van der Waals surface area (Å²) in [5, 5.41) is 12.7. The van der Waals surface area contributed by atoms with Gasteiger partial charge in [-0.05, 0) is 31.9 Å². The molecular weight excluding hydrogens is 266 g/mol. The highest BCUT2D eigenvalue weighted by atomic mass is 16.3. The van der Waals surface area contributed by atoms with Crippen LogP contribution in [0.1, 0.15) is 42.7 Å². The number of hydrogen-bond acceptors (Lipinski definition) is 4. The predicted octanol–water partition coefficient (Wildman–Crippen LogP) is 1.92. The standard InChI is InChI=1S/C16H25N3O2/c1-4-5-14-8-13(9-15(17-3)18-14)16(21)19-7-6-12(10-19)11(2)20/h8-9,11-12,20H,4-7,10H2,1-3H3,(H,17,18). The van der Waals surface area contributed by atoms with Crippen LogP contribution in [0.15, 0.2) is 12.1 Å². The fraction of sp³-hybridized carbons (Fsp3) is 0.625.